The second-order valence-electron chi connectivity index (χ2n) is 7.92. The lowest BCUT2D eigenvalue weighted by molar-refractivity contribution is 0.0978. The second-order valence-corrected chi connectivity index (χ2v) is 9.66. The van der Waals surface area contributed by atoms with Crippen LogP contribution in [-0.2, 0) is 0 Å². The Balaban J connectivity index is 1.53. The van der Waals surface area contributed by atoms with Gasteiger partial charge in [0.05, 0.1) is 16.3 Å². The average Bonchev–Trinajstić information content (AvgIpc) is 3.18. The summed E-state index contributed by atoms with van der Waals surface area (Å²) in [6, 6.07) is 17.0. The van der Waals surface area contributed by atoms with E-state index in [2.05, 4.69) is 62.7 Å². The van der Waals surface area contributed by atoms with Crippen LogP contribution in [0.3, 0.4) is 0 Å². The van der Waals surface area contributed by atoms with E-state index in [-0.39, 0.29) is 5.11 Å². The largest absolute Gasteiger partial charge is 0.332 e. The molecule has 33 heavy (non-hydrogen) atoms. The van der Waals surface area contributed by atoms with E-state index in [4.69, 9.17) is 23.8 Å². The summed E-state index contributed by atoms with van der Waals surface area (Å²) >= 11 is 14.8. The van der Waals surface area contributed by atoms with Crippen LogP contribution in [0.5, 0.6) is 0 Å². The number of aromatic nitrogens is 3. The fourth-order valence-corrected chi connectivity index (χ4v) is 4.07. The number of halogens is 2. The van der Waals surface area contributed by atoms with E-state index in [1.165, 1.54) is 5.56 Å². The number of hydrogen-bond donors (Lipinski definition) is 2. The summed E-state index contributed by atoms with van der Waals surface area (Å²) in [6.45, 7) is 6.26. The van der Waals surface area contributed by atoms with Crippen molar-refractivity contribution in [1.29, 1.82) is 0 Å². The van der Waals surface area contributed by atoms with Gasteiger partial charge in [0.25, 0.3) is 5.91 Å². The van der Waals surface area contributed by atoms with Gasteiger partial charge in [0.15, 0.2) is 5.11 Å². The quantitative estimate of drug-likeness (QED) is 0.292. The van der Waals surface area contributed by atoms with Gasteiger partial charge in [0.2, 0.25) is 0 Å². The van der Waals surface area contributed by atoms with Gasteiger partial charge in [-0.3, -0.25) is 10.1 Å². The Hall–Kier alpha value is -2.81. The molecule has 0 unspecified atom stereocenters. The highest BCUT2D eigenvalue weighted by Gasteiger charge is 2.14. The number of rotatable bonds is 4. The number of carbonyl (C=O) groups is 1. The van der Waals surface area contributed by atoms with Gasteiger partial charge in [-0.2, -0.15) is 4.80 Å². The average molecular weight is 543 g/mol. The van der Waals surface area contributed by atoms with E-state index in [1.807, 2.05) is 31.2 Å². The van der Waals surface area contributed by atoms with E-state index in [1.54, 1.807) is 23.0 Å². The van der Waals surface area contributed by atoms with Gasteiger partial charge in [-0.15, -0.1) is 10.2 Å². The number of thiocarbonyl (C=S) groups is 1. The summed E-state index contributed by atoms with van der Waals surface area (Å²) < 4.78 is 0.749. The van der Waals surface area contributed by atoms with Crippen molar-refractivity contribution in [3.63, 3.8) is 0 Å². The molecule has 0 saturated heterocycles. The van der Waals surface area contributed by atoms with E-state index in [0.29, 0.717) is 22.0 Å². The zero-order valence-electron chi connectivity index (χ0n) is 18.2. The normalized spacial score (nSPS) is 11.1. The molecule has 0 fully saturated rings. The number of nitrogens with one attached hydrogen (secondary N) is 2. The first-order valence-electron chi connectivity index (χ1n) is 10.3. The topological polar surface area (TPSA) is 71.8 Å². The Morgan fingerprint density at radius 3 is 2.39 bits per heavy atom. The van der Waals surface area contributed by atoms with Crippen LogP contribution in [0.15, 0.2) is 59.1 Å². The minimum Gasteiger partial charge on any atom is -0.332 e. The highest BCUT2D eigenvalue weighted by molar-refractivity contribution is 9.10. The van der Waals surface area contributed by atoms with Crippen molar-refractivity contribution in [2.45, 2.75) is 26.7 Å². The van der Waals surface area contributed by atoms with Gasteiger partial charge >= 0.3 is 0 Å². The Kier molecular flexibility index (Phi) is 6.78. The number of carbonyl (C=O) groups excluding carboxylic acids is 1. The predicted molar refractivity (Wildman–Crippen MR) is 141 cm³/mol. The van der Waals surface area contributed by atoms with Gasteiger partial charge in [0, 0.05) is 10.2 Å². The first-order valence-corrected chi connectivity index (χ1v) is 11.8. The first-order chi connectivity index (χ1) is 15.7. The molecule has 4 aromatic rings. The molecule has 168 valence electrons. The molecule has 1 amide bonds. The number of benzene rings is 3. The van der Waals surface area contributed by atoms with Crippen LogP contribution < -0.4 is 10.6 Å². The number of fused-ring (bicyclic) bond motifs is 1. The lowest BCUT2D eigenvalue weighted by Crippen LogP contribution is -2.34. The number of aryl methyl sites for hydroxylation is 1. The second kappa shape index (κ2) is 9.59. The van der Waals surface area contributed by atoms with Crippen LogP contribution in [0.1, 0.15) is 41.3 Å². The SMILES string of the molecule is Cc1cc2nn(-c3ccc(C(C)C)cc3)nc2cc1NC(=S)NC(=O)c1cc(Br)ccc1Cl. The van der Waals surface area contributed by atoms with Gasteiger partial charge in [0.1, 0.15) is 11.0 Å². The van der Waals surface area contributed by atoms with Crippen LogP contribution in [0, 0.1) is 6.92 Å². The molecule has 0 aliphatic rings. The molecule has 0 radical (unpaired) electrons. The first kappa shape index (κ1) is 23.4. The fourth-order valence-electron chi connectivity index (χ4n) is 3.31. The summed E-state index contributed by atoms with van der Waals surface area (Å²) in [6.07, 6.45) is 0. The molecule has 0 atom stereocenters. The van der Waals surface area contributed by atoms with Crippen molar-refractivity contribution in [3.8, 4) is 5.69 Å². The zero-order valence-corrected chi connectivity index (χ0v) is 21.3. The molecule has 0 bridgehead atoms. The van der Waals surface area contributed by atoms with Crippen LogP contribution in [0.25, 0.3) is 16.7 Å². The highest BCUT2D eigenvalue weighted by atomic mass is 79.9. The van der Waals surface area contributed by atoms with Crippen molar-refractivity contribution in [2.75, 3.05) is 5.32 Å². The molecule has 9 heteroatoms. The molecule has 0 aliphatic carbocycles. The highest BCUT2D eigenvalue weighted by Crippen LogP contribution is 2.24. The van der Waals surface area contributed by atoms with Gasteiger partial charge < -0.3 is 5.32 Å². The fraction of sp³-hybridized carbons (Fsp3) is 0.167. The van der Waals surface area contributed by atoms with E-state index >= 15 is 0 Å². The zero-order chi connectivity index (χ0) is 23.7. The third kappa shape index (κ3) is 5.24. The molecular weight excluding hydrogens is 522 g/mol. The van der Waals surface area contributed by atoms with Crippen molar-refractivity contribution < 1.29 is 4.79 Å². The molecule has 4 rings (SSSR count). The minimum absolute atomic E-state index is 0.162. The minimum atomic E-state index is -0.395. The third-order valence-corrected chi connectivity index (χ3v) is 6.19. The summed E-state index contributed by atoms with van der Waals surface area (Å²) in [7, 11) is 0. The Labute approximate surface area is 210 Å². The molecule has 1 heterocycles. The summed E-state index contributed by atoms with van der Waals surface area (Å²) in [5, 5.41) is 15.5. The monoisotopic (exact) mass is 541 g/mol. The molecule has 6 nitrogen and oxygen atoms in total. The number of nitrogens with zero attached hydrogens (tertiary/aromatic N) is 3. The lowest BCUT2D eigenvalue weighted by Gasteiger charge is -2.12. The molecule has 3 aromatic carbocycles. The van der Waals surface area contributed by atoms with Crippen LogP contribution in [0.4, 0.5) is 5.69 Å². The molecular formula is C24H21BrClN5OS. The van der Waals surface area contributed by atoms with Crippen LogP contribution >= 0.6 is 39.7 Å². The standard InChI is InChI=1S/C24H21BrClN5OS/c1-13(2)15-4-7-17(8-5-15)31-29-21-10-14(3)20(12-22(21)30-31)27-24(33)28-23(32)18-11-16(25)6-9-19(18)26/h4-13H,1-3H3,(H2,27,28,32,33). The number of hydrogen-bond acceptors (Lipinski definition) is 4. The van der Waals surface area contributed by atoms with Crippen LogP contribution in [-0.4, -0.2) is 26.0 Å². The maximum atomic E-state index is 12.6. The van der Waals surface area contributed by atoms with Gasteiger partial charge in [-0.1, -0.05) is 53.5 Å². The molecule has 0 aliphatic heterocycles. The molecule has 0 saturated carbocycles. The Morgan fingerprint density at radius 1 is 1.06 bits per heavy atom. The van der Waals surface area contributed by atoms with Gasteiger partial charge in [-0.25, -0.2) is 0 Å². The Morgan fingerprint density at radius 2 is 1.73 bits per heavy atom. The molecule has 0 spiro atoms. The smallest absolute Gasteiger partial charge is 0.258 e. The van der Waals surface area contributed by atoms with E-state index in [9.17, 15) is 4.79 Å². The maximum absolute atomic E-state index is 12.6. The van der Waals surface area contributed by atoms with Crippen molar-refractivity contribution in [1.82, 2.24) is 20.3 Å². The van der Waals surface area contributed by atoms with Crippen molar-refractivity contribution in [2.24, 2.45) is 0 Å². The van der Waals surface area contributed by atoms with Gasteiger partial charge in [-0.05, 0) is 78.7 Å². The predicted octanol–water partition coefficient (Wildman–Crippen LogP) is 6.40. The molecule has 1 aromatic heterocycles. The van der Waals surface area contributed by atoms with Crippen molar-refractivity contribution in [3.05, 3.63) is 80.8 Å². The maximum Gasteiger partial charge on any atom is 0.258 e. The number of amides is 1. The summed E-state index contributed by atoms with van der Waals surface area (Å²) in [5.74, 6) is 0.0667. The molecule has 2 N–H and O–H groups in total. The van der Waals surface area contributed by atoms with Crippen molar-refractivity contribution >= 4 is 67.5 Å². The van der Waals surface area contributed by atoms with E-state index in [0.717, 1.165) is 26.9 Å². The Bertz CT molecular complexity index is 1370. The van der Waals surface area contributed by atoms with E-state index < -0.39 is 5.91 Å². The summed E-state index contributed by atoms with van der Waals surface area (Å²) in [5.41, 5.74) is 5.60. The lowest BCUT2D eigenvalue weighted by atomic mass is 10.0. The van der Waals surface area contributed by atoms with Crippen LogP contribution in [0.2, 0.25) is 5.02 Å². The number of anilines is 1. The summed E-state index contributed by atoms with van der Waals surface area (Å²) in [4.78, 5) is 14.2. The third-order valence-electron chi connectivity index (χ3n) is 5.17.